The Balaban J connectivity index is 5.77. The van der Waals surface area contributed by atoms with Crippen molar-refractivity contribution in [1.29, 1.82) is 0 Å². The van der Waals surface area contributed by atoms with Gasteiger partial charge in [-0.1, -0.05) is 0 Å². The Kier molecular flexibility index (Phi) is 14.6. The topological polar surface area (TPSA) is 213 Å². The van der Waals surface area contributed by atoms with Crippen molar-refractivity contribution in [2.24, 2.45) is 31.9 Å². The smallest absolute Gasteiger partial charge is 0.349 e. The second-order valence-corrected chi connectivity index (χ2v) is 6.49. The van der Waals surface area contributed by atoms with Gasteiger partial charge in [-0.15, -0.1) is 10.2 Å². The van der Waals surface area contributed by atoms with E-state index in [1.165, 1.54) is 0 Å². The number of hydrogen-bond acceptors (Lipinski definition) is 12. The first-order valence-electron chi connectivity index (χ1n) is 10.7. The van der Waals surface area contributed by atoms with Crippen molar-refractivity contribution in [3.05, 3.63) is 23.0 Å². The van der Waals surface area contributed by atoms with Gasteiger partial charge in [0.25, 0.3) is 11.9 Å². The molecule has 0 saturated carbocycles. The van der Waals surface area contributed by atoms with Crippen LogP contribution in [0.15, 0.2) is 43.4 Å². The van der Waals surface area contributed by atoms with Crippen LogP contribution in [0.3, 0.4) is 0 Å². The molecule has 0 aliphatic carbocycles. The number of carbonyl (C=O) groups is 2. The van der Waals surface area contributed by atoms with Crippen LogP contribution in [0.1, 0.15) is 48.0 Å². The molecule has 0 rings (SSSR count). The number of esters is 2. The van der Waals surface area contributed by atoms with Gasteiger partial charge < -0.3 is 40.6 Å². The average Bonchev–Trinajstić information content (AvgIpc) is 2.77. The van der Waals surface area contributed by atoms with E-state index in [0.29, 0.717) is 11.4 Å². The Morgan fingerprint density at radius 3 is 1.23 bits per heavy atom. The normalized spacial score (nSPS) is 14.6. The third-order valence-electron chi connectivity index (χ3n) is 3.63. The molecule has 0 bridgehead atoms. The second-order valence-electron chi connectivity index (χ2n) is 6.49. The van der Waals surface area contributed by atoms with E-state index in [-0.39, 0.29) is 32.8 Å². The summed E-state index contributed by atoms with van der Waals surface area (Å²) in [6.45, 7) is 9.85. The fraction of sp³-hybridized carbons (Fsp3) is 0.524. The highest BCUT2D eigenvalue weighted by atomic mass is 16.6. The predicted molar refractivity (Wildman–Crippen MR) is 130 cm³/mol. The number of carbonyl (C=O) groups excluding carboxylic acids is 2. The van der Waals surface area contributed by atoms with Crippen LogP contribution in [0, 0.1) is 0 Å². The molecule has 6 N–H and O–H groups in total. The fourth-order valence-corrected chi connectivity index (χ4v) is 2.25. The molecule has 14 nitrogen and oxygen atoms in total. The zero-order chi connectivity index (χ0) is 27.0. The highest BCUT2D eigenvalue weighted by Gasteiger charge is 2.24. The monoisotopic (exact) mass is 498 g/mol. The SMILES string of the molecule is CCOC(=O)C(C(N)=N/N=C(/C)C/C(C)=N\N=C(N)C(C(=O)OCC)=C(O)OCC)=C(O)OCC. The Bertz CT molecular complexity index is 860. The Morgan fingerprint density at radius 2 is 0.943 bits per heavy atom. The maximum atomic E-state index is 12.1. The first-order valence-corrected chi connectivity index (χ1v) is 10.7. The van der Waals surface area contributed by atoms with Crippen molar-refractivity contribution in [1.82, 2.24) is 0 Å². The molecular formula is C21H34N6O8. The number of hydrogen-bond donors (Lipinski definition) is 4. The molecule has 0 radical (unpaired) electrons. The van der Waals surface area contributed by atoms with E-state index in [1.807, 2.05) is 0 Å². The zero-order valence-corrected chi connectivity index (χ0v) is 20.8. The van der Waals surface area contributed by atoms with Gasteiger partial charge in [-0.2, -0.15) is 10.2 Å². The Labute approximate surface area is 203 Å². The standard InChI is InChI=1S/C21H34N6O8/c1-7-32-18(28)14(19(29)33-8-2)16(22)26-24-12(5)11-13(6)25-27-17(23)15(20(30)34-9-3)21(31)35-10-4/h28,30H,7-11H2,1-6H3,(H2,22,26)(H2,23,27)/b18-14?,20-15?,24-12-,25-13-. The van der Waals surface area contributed by atoms with Gasteiger partial charge in [0.1, 0.15) is 0 Å². The quantitative estimate of drug-likeness (QED) is 0.0677. The molecule has 0 heterocycles. The molecule has 0 saturated heterocycles. The van der Waals surface area contributed by atoms with E-state index in [0.717, 1.165) is 0 Å². The zero-order valence-electron chi connectivity index (χ0n) is 20.8. The van der Waals surface area contributed by atoms with Crippen LogP contribution >= 0.6 is 0 Å². The molecule has 14 heteroatoms. The Hall–Kier alpha value is -4.10. The predicted octanol–water partition coefficient (Wildman–Crippen LogP) is 1.58. The van der Waals surface area contributed by atoms with Crippen molar-refractivity contribution >= 4 is 35.0 Å². The van der Waals surface area contributed by atoms with E-state index in [2.05, 4.69) is 20.4 Å². The van der Waals surface area contributed by atoms with Gasteiger partial charge in [0.2, 0.25) is 0 Å². The van der Waals surface area contributed by atoms with Gasteiger partial charge in [0.05, 0.1) is 26.4 Å². The van der Waals surface area contributed by atoms with Crippen LogP contribution in [0.2, 0.25) is 0 Å². The molecule has 0 aromatic heterocycles. The summed E-state index contributed by atoms with van der Waals surface area (Å²) >= 11 is 0. The number of amidine groups is 2. The minimum absolute atomic E-state index is 0.0477. The molecule has 0 amide bonds. The van der Waals surface area contributed by atoms with Crippen LogP contribution in [-0.4, -0.2) is 71.7 Å². The van der Waals surface area contributed by atoms with Gasteiger partial charge in [-0.25, -0.2) is 9.59 Å². The molecule has 0 aliphatic heterocycles. The van der Waals surface area contributed by atoms with Gasteiger partial charge >= 0.3 is 11.9 Å². The first kappa shape index (κ1) is 30.9. The van der Waals surface area contributed by atoms with Crippen LogP contribution in [0.25, 0.3) is 0 Å². The minimum atomic E-state index is -0.920. The molecule has 0 aromatic carbocycles. The van der Waals surface area contributed by atoms with E-state index < -0.39 is 46.6 Å². The van der Waals surface area contributed by atoms with E-state index in [9.17, 15) is 19.8 Å². The van der Waals surface area contributed by atoms with Crippen LogP contribution in [0.5, 0.6) is 0 Å². The van der Waals surface area contributed by atoms with E-state index in [4.69, 9.17) is 30.4 Å². The maximum absolute atomic E-state index is 12.1. The highest BCUT2D eigenvalue weighted by molar-refractivity contribution is 6.19. The summed E-state index contributed by atoms with van der Waals surface area (Å²) in [5.41, 5.74) is 11.5. The second kappa shape index (κ2) is 16.5. The molecule has 0 spiro atoms. The Morgan fingerprint density at radius 1 is 0.629 bits per heavy atom. The molecule has 0 atom stereocenters. The number of rotatable bonds is 14. The maximum Gasteiger partial charge on any atom is 0.349 e. The third kappa shape index (κ3) is 11.0. The summed E-state index contributed by atoms with van der Waals surface area (Å²) in [6.07, 6.45) is 0.152. The highest BCUT2D eigenvalue weighted by Crippen LogP contribution is 2.09. The summed E-state index contributed by atoms with van der Waals surface area (Å²) in [5.74, 6) is -4.14. The minimum Gasteiger partial charge on any atom is -0.480 e. The van der Waals surface area contributed by atoms with Crippen molar-refractivity contribution < 1.29 is 38.7 Å². The average molecular weight is 499 g/mol. The largest absolute Gasteiger partial charge is 0.480 e. The lowest BCUT2D eigenvalue weighted by molar-refractivity contribution is -0.139. The number of ether oxygens (including phenoxy) is 4. The van der Waals surface area contributed by atoms with Gasteiger partial charge in [0, 0.05) is 17.8 Å². The molecule has 196 valence electrons. The van der Waals surface area contributed by atoms with Crippen molar-refractivity contribution in [2.75, 3.05) is 26.4 Å². The number of aliphatic hydroxyl groups is 2. The lowest BCUT2D eigenvalue weighted by Crippen LogP contribution is -2.25. The third-order valence-corrected chi connectivity index (χ3v) is 3.63. The summed E-state index contributed by atoms with van der Waals surface area (Å²) < 4.78 is 19.5. The lowest BCUT2D eigenvalue weighted by atomic mass is 10.2. The summed E-state index contributed by atoms with van der Waals surface area (Å²) in [5, 5.41) is 35.2. The van der Waals surface area contributed by atoms with Gasteiger partial charge in [-0.05, 0) is 41.5 Å². The molecule has 0 unspecified atom stereocenters. The molecular weight excluding hydrogens is 464 g/mol. The molecule has 35 heavy (non-hydrogen) atoms. The summed E-state index contributed by atoms with van der Waals surface area (Å²) in [7, 11) is 0. The van der Waals surface area contributed by atoms with Gasteiger partial charge in [-0.3, -0.25) is 0 Å². The van der Waals surface area contributed by atoms with Crippen molar-refractivity contribution in [3.8, 4) is 0 Å². The first-order chi connectivity index (χ1) is 16.5. The summed E-state index contributed by atoms with van der Waals surface area (Å²) in [4.78, 5) is 24.1. The van der Waals surface area contributed by atoms with E-state index >= 15 is 0 Å². The molecule has 0 aromatic rings. The molecule has 0 aliphatic rings. The summed E-state index contributed by atoms with van der Waals surface area (Å²) in [6, 6.07) is 0. The van der Waals surface area contributed by atoms with Crippen molar-refractivity contribution in [2.45, 2.75) is 48.0 Å². The van der Waals surface area contributed by atoms with Crippen molar-refractivity contribution in [3.63, 3.8) is 0 Å². The van der Waals surface area contributed by atoms with Crippen LogP contribution in [0.4, 0.5) is 0 Å². The van der Waals surface area contributed by atoms with Gasteiger partial charge in [0.15, 0.2) is 22.8 Å². The number of nitrogens with two attached hydrogens (primary N) is 2. The van der Waals surface area contributed by atoms with Crippen LogP contribution in [-0.2, 0) is 28.5 Å². The molecule has 0 fully saturated rings. The lowest BCUT2D eigenvalue weighted by Gasteiger charge is -2.09. The fourth-order valence-electron chi connectivity index (χ4n) is 2.25. The number of nitrogens with zero attached hydrogens (tertiary/aromatic N) is 4. The number of aliphatic hydroxyl groups excluding tert-OH is 2. The van der Waals surface area contributed by atoms with E-state index in [1.54, 1.807) is 41.5 Å². The van der Waals surface area contributed by atoms with Crippen LogP contribution < -0.4 is 11.5 Å².